The molecule has 0 aliphatic carbocycles. The van der Waals surface area contributed by atoms with Crippen molar-refractivity contribution in [3.05, 3.63) is 182 Å². The van der Waals surface area contributed by atoms with Crippen molar-refractivity contribution in [2.75, 3.05) is 0 Å². The van der Waals surface area contributed by atoms with Crippen LogP contribution in [-0.4, -0.2) is 9.13 Å². The summed E-state index contributed by atoms with van der Waals surface area (Å²) < 4.78 is 7.58. The predicted octanol–water partition coefficient (Wildman–Crippen LogP) is 14.2. The lowest BCUT2D eigenvalue weighted by molar-refractivity contribution is 1.18. The van der Waals surface area contributed by atoms with Gasteiger partial charge in [0.2, 0.25) is 0 Å². The Balaban J connectivity index is 1.21. The van der Waals surface area contributed by atoms with Crippen LogP contribution in [0.25, 0.3) is 108 Å². The van der Waals surface area contributed by atoms with Crippen molar-refractivity contribution in [1.82, 2.24) is 9.13 Å². The number of hydrogen-bond donors (Lipinski definition) is 0. The minimum absolute atomic E-state index is 1.16. The highest BCUT2D eigenvalue weighted by Gasteiger charge is 2.22. The van der Waals surface area contributed by atoms with Crippen molar-refractivity contribution >= 4 is 96.7 Å². The minimum Gasteiger partial charge on any atom is -0.309 e. The van der Waals surface area contributed by atoms with Crippen LogP contribution in [0.15, 0.2) is 182 Å². The number of hydrogen-bond acceptors (Lipinski definition) is 1. The molecule has 0 aliphatic heterocycles. The molecule has 2 nitrogen and oxygen atoms in total. The van der Waals surface area contributed by atoms with E-state index in [-0.39, 0.29) is 0 Å². The molecule has 0 unspecified atom stereocenters. The first kappa shape index (κ1) is 29.0. The Bertz CT molecular complexity index is 3440. The summed E-state index contributed by atoms with van der Waals surface area (Å²) in [5.41, 5.74) is 9.63. The Labute approximate surface area is 309 Å². The zero-order valence-electron chi connectivity index (χ0n) is 28.6. The molecule has 12 rings (SSSR count). The zero-order chi connectivity index (χ0) is 34.6. The number of thiophene rings is 1. The summed E-state index contributed by atoms with van der Waals surface area (Å²) in [6.07, 6.45) is 0. The van der Waals surface area contributed by atoms with E-state index in [4.69, 9.17) is 0 Å². The Kier molecular flexibility index (Phi) is 5.96. The van der Waals surface area contributed by atoms with Gasteiger partial charge in [0, 0.05) is 63.9 Å². The van der Waals surface area contributed by atoms with E-state index < -0.39 is 0 Å². The van der Waals surface area contributed by atoms with Crippen LogP contribution < -0.4 is 0 Å². The summed E-state index contributed by atoms with van der Waals surface area (Å²) in [6, 6.07) is 67.1. The molecule has 0 bridgehead atoms. The fourth-order valence-corrected chi connectivity index (χ4v) is 10.2. The van der Waals surface area contributed by atoms with Gasteiger partial charge in [-0.15, -0.1) is 11.3 Å². The van der Waals surface area contributed by atoms with E-state index in [2.05, 4.69) is 191 Å². The average Bonchev–Trinajstić information content (AvgIpc) is 3.89. The normalized spacial score (nSPS) is 12.2. The van der Waals surface area contributed by atoms with E-state index in [0.29, 0.717) is 0 Å². The van der Waals surface area contributed by atoms with Gasteiger partial charge in [0.25, 0.3) is 0 Å². The van der Waals surface area contributed by atoms with Crippen molar-refractivity contribution in [2.24, 2.45) is 0 Å². The maximum Gasteiger partial charge on any atom is 0.0626 e. The Morgan fingerprint density at radius 2 is 0.830 bits per heavy atom. The van der Waals surface area contributed by atoms with E-state index >= 15 is 0 Å². The third-order valence-electron chi connectivity index (χ3n) is 11.3. The highest BCUT2D eigenvalue weighted by Crippen LogP contribution is 2.48. The first-order chi connectivity index (χ1) is 26.3. The van der Waals surface area contributed by atoms with Gasteiger partial charge in [-0.3, -0.25) is 0 Å². The summed E-state index contributed by atoms with van der Waals surface area (Å²) in [6.45, 7) is 0. The topological polar surface area (TPSA) is 9.86 Å². The molecular formula is C50H30N2S. The molecule has 0 saturated heterocycles. The third-order valence-corrected chi connectivity index (χ3v) is 12.4. The van der Waals surface area contributed by atoms with Crippen LogP contribution in [0.1, 0.15) is 0 Å². The average molecular weight is 691 g/mol. The molecule has 3 heterocycles. The second-order valence-electron chi connectivity index (χ2n) is 14.1. The molecule has 0 N–H and O–H groups in total. The first-order valence-corrected chi connectivity index (χ1v) is 19.0. The molecule has 3 aromatic heterocycles. The molecule has 0 aliphatic rings. The second kappa shape index (κ2) is 10.9. The van der Waals surface area contributed by atoms with Gasteiger partial charge in [-0.2, -0.15) is 0 Å². The molecule has 0 amide bonds. The van der Waals surface area contributed by atoms with Gasteiger partial charge >= 0.3 is 0 Å². The monoisotopic (exact) mass is 690 g/mol. The molecule has 53 heavy (non-hydrogen) atoms. The van der Waals surface area contributed by atoms with Gasteiger partial charge in [-0.25, -0.2) is 0 Å². The molecule has 3 heteroatoms. The second-order valence-corrected chi connectivity index (χ2v) is 15.1. The standard InChI is InChI=1S/C50H30N2S/c1-3-13-33(14-4-1)51-42-21-11-9-17-35(42)36-25-23-31(29-43(36)51)32-24-26-39-44(30-32)52(34-15-5-2-6-16-34)50-41-27-28-46-49(40-20-10-12-22-45(40)53-46)47(41)37-18-7-8-19-38(37)48(39)50/h1-30H. The molecule has 0 radical (unpaired) electrons. The number of rotatable bonds is 3. The zero-order valence-corrected chi connectivity index (χ0v) is 29.4. The fraction of sp³-hybridized carbons (Fsp3) is 0. The van der Waals surface area contributed by atoms with E-state index in [1.165, 1.54) is 102 Å². The Hall–Kier alpha value is -6.68. The molecular weight excluding hydrogens is 661 g/mol. The van der Waals surface area contributed by atoms with Crippen molar-refractivity contribution in [1.29, 1.82) is 0 Å². The Morgan fingerprint density at radius 3 is 1.57 bits per heavy atom. The van der Waals surface area contributed by atoms with Crippen molar-refractivity contribution in [3.63, 3.8) is 0 Å². The summed E-state index contributed by atoms with van der Waals surface area (Å²) in [5, 5.41) is 13.0. The van der Waals surface area contributed by atoms with Crippen LogP contribution in [0.3, 0.4) is 0 Å². The van der Waals surface area contributed by atoms with Crippen LogP contribution in [0.4, 0.5) is 0 Å². The van der Waals surface area contributed by atoms with E-state index in [1.807, 2.05) is 11.3 Å². The molecule has 0 saturated carbocycles. The fourth-order valence-electron chi connectivity index (χ4n) is 9.06. The molecule has 0 atom stereocenters. The number of para-hydroxylation sites is 3. The summed E-state index contributed by atoms with van der Waals surface area (Å²) in [5.74, 6) is 0. The van der Waals surface area contributed by atoms with Crippen molar-refractivity contribution < 1.29 is 0 Å². The molecule has 0 spiro atoms. The SMILES string of the molecule is c1ccc(-n2c3ccccc3c3ccc(-c4ccc5c6c7ccccc7c7c(ccc8sc9ccccc9c87)c6n(-c6ccccc6)c5c4)cc32)cc1. The van der Waals surface area contributed by atoms with E-state index in [9.17, 15) is 0 Å². The van der Waals surface area contributed by atoms with E-state index in [0.717, 1.165) is 5.69 Å². The summed E-state index contributed by atoms with van der Waals surface area (Å²) in [4.78, 5) is 0. The highest BCUT2D eigenvalue weighted by atomic mass is 32.1. The third kappa shape index (κ3) is 4.03. The van der Waals surface area contributed by atoms with Crippen LogP contribution in [-0.2, 0) is 0 Å². The predicted molar refractivity (Wildman–Crippen MR) is 228 cm³/mol. The number of fused-ring (bicyclic) bond motifs is 15. The van der Waals surface area contributed by atoms with Gasteiger partial charge < -0.3 is 9.13 Å². The lowest BCUT2D eigenvalue weighted by atomic mass is 9.93. The minimum atomic E-state index is 1.16. The maximum atomic E-state index is 2.52. The quantitative estimate of drug-likeness (QED) is 0.163. The number of nitrogens with zero attached hydrogens (tertiary/aromatic N) is 2. The lowest BCUT2D eigenvalue weighted by Crippen LogP contribution is -1.95. The lowest BCUT2D eigenvalue weighted by Gasteiger charge is -2.13. The van der Waals surface area contributed by atoms with Gasteiger partial charge in [0.1, 0.15) is 0 Å². The van der Waals surface area contributed by atoms with Crippen molar-refractivity contribution in [2.45, 2.75) is 0 Å². The van der Waals surface area contributed by atoms with Gasteiger partial charge in [0.05, 0.1) is 22.1 Å². The Morgan fingerprint density at radius 1 is 0.302 bits per heavy atom. The smallest absolute Gasteiger partial charge is 0.0626 e. The molecule has 9 aromatic carbocycles. The van der Waals surface area contributed by atoms with Gasteiger partial charge in [0.15, 0.2) is 0 Å². The first-order valence-electron chi connectivity index (χ1n) is 18.2. The van der Waals surface area contributed by atoms with Gasteiger partial charge in [-0.1, -0.05) is 127 Å². The molecule has 12 aromatic rings. The molecule has 0 fully saturated rings. The molecule has 246 valence electrons. The maximum absolute atomic E-state index is 2.52. The van der Waals surface area contributed by atoms with Crippen LogP contribution in [0.5, 0.6) is 0 Å². The van der Waals surface area contributed by atoms with Gasteiger partial charge in [-0.05, 0) is 76.5 Å². The number of benzene rings is 9. The van der Waals surface area contributed by atoms with Crippen molar-refractivity contribution in [3.8, 4) is 22.5 Å². The van der Waals surface area contributed by atoms with E-state index in [1.54, 1.807) is 0 Å². The summed E-state index contributed by atoms with van der Waals surface area (Å²) >= 11 is 1.89. The number of aromatic nitrogens is 2. The summed E-state index contributed by atoms with van der Waals surface area (Å²) in [7, 11) is 0. The van der Waals surface area contributed by atoms with Crippen LogP contribution in [0, 0.1) is 0 Å². The van der Waals surface area contributed by atoms with Crippen LogP contribution >= 0.6 is 11.3 Å². The highest BCUT2D eigenvalue weighted by molar-refractivity contribution is 7.26. The largest absolute Gasteiger partial charge is 0.309 e. The van der Waals surface area contributed by atoms with Crippen LogP contribution in [0.2, 0.25) is 0 Å².